The molecule has 66 valence electrons. The molecule has 0 fully saturated rings. The van der Waals surface area contributed by atoms with Crippen molar-refractivity contribution in [2.75, 3.05) is 10.5 Å². The van der Waals surface area contributed by atoms with E-state index in [-0.39, 0.29) is 0 Å². The number of hydrogen-bond donors (Lipinski definition) is 0. The fourth-order valence-corrected chi connectivity index (χ4v) is 1.50. The van der Waals surface area contributed by atoms with Gasteiger partial charge in [0.25, 0.3) is 0 Å². The highest BCUT2D eigenvalue weighted by molar-refractivity contribution is 9.10. The van der Waals surface area contributed by atoms with Crippen LogP contribution >= 0.6 is 16.1 Å². The number of benzene rings is 1. The summed E-state index contributed by atoms with van der Waals surface area (Å²) < 4.78 is 2.11. The van der Waals surface area contributed by atoms with Gasteiger partial charge in [-0.2, -0.15) is 0 Å². The summed E-state index contributed by atoms with van der Waals surface area (Å²) in [5.41, 5.74) is 1.23. The van der Waals surface area contributed by atoms with E-state index in [0.717, 1.165) is 6.54 Å². The summed E-state index contributed by atoms with van der Waals surface area (Å²) >= 11 is 3.52. The number of para-hydroxylation sites is 1. The first-order chi connectivity index (χ1) is 5.84. The van der Waals surface area contributed by atoms with E-state index in [9.17, 15) is 0 Å². The molecule has 2 heteroatoms. The lowest BCUT2D eigenvalue weighted by atomic mass is 10.3. The predicted octanol–water partition coefficient (Wildman–Crippen LogP) is 3.60. The van der Waals surface area contributed by atoms with Gasteiger partial charge < -0.3 is 3.93 Å². The molecule has 0 amide bonds. The lowest BCUT2D eigenvalue weighted by Gasteiger charge is -2.15. The Morgan fingerprint density at radius 3 is 2.50 bits per heavy atom. The van der Waals surface area contributed by atoms with Crippen LogP contribution < -0.4 is 3.93 Å². The summed E-state index contributed by atoms with van der Waals surface area (Å²) in [5, 5.41) is 0. The van der Waals surface area contributed by atoms with Crippen molar-refractivity contribution in [3.05, 3.63) is 30.3 Å². The molecule has 1 rings (SSSR count). The lowest BCUT2D eigenvalue weighted by molar-refractivity contribution is 0.812. The predicted molar refractivity (Wildman–Crippen MR) is 57.6 cm³/mol. The van der Waals surface area contributed by atoms with Crippen LogP contribution in [0.4, 0.5) is 5.69 Å². The fraction of sp³-hybridized carbons (Fsp3) is 0.400. The molecule has 0 aliphatic heterocycles. The van der Waals surface area contributed by atoms with E-state index in [1.54, 1.807) is 0 Å². The van der Waals surface area contributed by atoms with Crippen molar-refractivity contribution in [1.29, 1.82) is 0 Å². The quantitative estimate of drug-likeness (QED) is 0.711. The van der Waals surface area contributed by atoms with Crippen LogP contribution in [0.5, 0.6) is 0 Å². The Morgan fingerprint density at radius 2 is 1.92 bits per heavy atom. The highest BCUT2D eigenvalue weighted by Crippen LogP contribution is 2.17. The first-order valence-corrected chi connectivity index (χ1v) is 5.04. The lowest BCUT2D eigenvalue weighted by Crippen LogP contribution is -2.10. The maximum Gasteiger partial charge on any atom is 0.0496 e. The Morgan fingerprint density at radius 1 is 1.25 bits per heavy atom. The summed E-state index contributed by atoms with van der Waals surface area (Å²) in [6, 6.07) is 10.3. The van der Waals surface area contributed by atoms with E-state index in [4.69, 9.17) is 0 Å². The maximum absolute atomic E-state index is 3.52. The maximum atomic E-state index is 3.52. The van der Waals surface area contributed by atoms with Crippen LogP contribution in [0.25, 0.3) is 0 Å². The first-order valence-electron chi connectivity index (χ1n) is 4.33. The van der Waals surface area contributed by atoms with E-state index in [1.165, 1.54) is 18.5 Å². The first kappa shape index (κ1) is 9.59. The van der Waals surface area contributed by atoms with Crippen molar-refractivity contribution < 1.29 is 0 Å². The van der Waals surface area contributed by atoms with Gasteiger partial charge in [-0.05, 0) is 18.6 Å². The second-order valence-corrected chi connectivity index (χ2v) is 3.63. The Balaban J connectivity index is 2.48. The molecule has 0 aliphatic carbocycles. The molecule has 1 nitrogen and oxygen atoms in total. The monoisotopic (exact) mass is 227 g/mol. The van der Waals surface area contributed by atoms with E-state index in [0.29, 0.717) is 0 Å². The number of unbranched alkanes of at least 4 members (excludes halogenated alkanes) is 1. The van der Waals surface area contributed by atoms with Gasteiger partial charge in [0.05, 0.1) is 0 Å². The summed E-state index contributed by atoms with van der Waals surface area (Å²) in [4.78, 5) is 0. The number of halogens is 1. The molecule has 0 aliphatic rings. The molecule has 1 aromatic rings. The van der Waals surface area contributed by atoms with Crippen LogP contribution in [0.15, 0.2) is 30.3 Å². The summed E-state index contributed by atoms with van der Waals surface area (Å²) in [6.45, 7) is 3.27. The SMILES string of the molecule is CCCCN(Br)c1ccccc1. The Kier molecular flexibility index (Phi) is 4.15. The average Bonchev–Trinajstić information content (AvgIpc) is 2.15. The third kappa shape index (κ3) is 2.86. The van der Waals surface area contributed by atoms with Crippen molar-refractivity contribution in [2.24, 2.45) is 0 Å². The van der Waals surface area contributed by atoms with Gasteiger partial charge in [-0.3, -0.25) is 0 Å². The minimum atomic E-state index is 1.07. The zero-order valence-electron chi connectivity index (χ0n) is 7.33. The normalized spacial score (nSPS) is 9.83. The molecule has 0 spiro atoms. The van der Waals surface area contributed by atoms with Crippen LogP contribution in [0.1, 0.15) is 19.8 Å². The Labute approximate surface area is 82.7 Å². The van der Waals surface area contributed by atoms with Crippen molar-refractivity contribution in [3.63, 3.8) is 0 Å². The van der Waals surface area contributed by atoms with Crippen molar-refractivity contribution in [1.82, 2.24) is 0 Å². The third-order valence-electron chi connectivity index (χ3n) is 1.74. The van der Waals surface area contributed by atoms with Crippen LogP contribution in [0.2, 0.25) is 0 Å². The van der Waals surface area contributed by atoms with Crippen LogP contribution in [-0.4, -0.2) is 6.54 Å². The molecule has 0 unspecified atom stereocenters. The molecule has 0 N–H and O–H groups in total. The zero-order chi connectivity index (χ0) is 8.81. The van der Waals surface area contributed by atoms with Gasteiger partial charge in [-0.1, -0.05) is 31.5 Å². The highest BCUT2D eigenvalue weighted by atomic mass is 79.9. The molecule has 0 bridgehead atoms. The number of rotatable bonds is 4. The highest BCUT2D eigenvalue weighted by Gasteiger charge is 1.98. The molecule has 0 saturated carbocycles. The van der Waals surface area contributed by atoms with Gasteiger partial charge >= 0.3 is 0 Å². The molecular weight excluding hydrogens is 214 g/mol. The Bertz CT molecular complexity index is 210. The van der Waals surface area contributed by atoms with Crippen molar-refractivity contribution >= 4 is 21.8 Å². The second kappa shape index (κ2) is 5.20. The van der Waals surface area contributed by atoms with Gasteiger partial charge in [0.15, 0.2) is 0 Å². The number of nitrogens with zero attached hydrogens (tertiary/aromatic N) is 1. The fourth-order valence-electron chi connectivity index (χ4n) is 1.02. The van der Waals surface area contributed by atoms with Crippen molar-refractivity contribution in [2.45, 2.75) is 19.8 Å². The van der Waals surface area contributed by atoms with Gasteiger partial charge in [0, 0.05) is 28.4 Å². The standard InChI is InChI=1S/C10H14BrN/c1-2-3-9-12(11)10-7-5-4-6-8-10/h4-8H,2-3,9H2,1H3. The molecule has 0 saturated heterocycles. The van der Waals surface area contributed by atoms with E-state index in [2.05, 4.69) is 51.3 Å². The molecule has 12 heavy (non-hydrogen) atoms. The average molecular weight is 228 g/mol. The minimum Gasteiger partial charge on any atom is -0.309 e. The number of hydrogen-bond acceptors (Lipinski definition) is 1. The molecule has 0 radical (unpaired) electrons. The van der Waals surface area contributed by atoms with Crippen molar-refractivity contribution in [3.8, 4) is 0 Å². The van der Waals surface area contributed by atoms with Gasteiger partial charge in [0.2, 0.25) is 0 Å². The topological polar surface area (TPSA) is 3.24 Å². The third-order valence-corrected chi connectivity index (χ3v) is 2.51. The number of anilines is 1. The van der Waals surface area contributed by atoms with Gasteiger partial charge in [-0.15, -0.1) is 0 Å². The van der Waals surface area contributed by atoms with Crippen LogP contribution in [0.3, 0.4) is 0 Å². The molecular formula is C10H14BrN. The minimum absolute atomic E-state index is 1.07. The summed E-state index contributed by atoms with van der Waals surface area (Å²) in [7, 11) is 0. The largest absolute Gasteiger partial charge is 0.309 e. The smallest absolute Gasteiger partial charge is 0.0496 e. The van der Waals surface area contributed by atoms with Gasteiger partial charge in [-0.25, -0.2) is 0 Å². The van der Waals surface area contributed by atoms with Crippen LogP contribution in [0, 0.1) is 0 Å². The molecule has 0 atom stereocenters. The van der Waals surface area contributed by atoms with E-state index >= 15 is 0 Å². The summed E-state index contributed by atoms with van der Waals surface area (Å²) in [6.07, 6.45) is 2.45. The van der Waals surface area contributed by atoms with Crippen LogP contribution in [-0.2, 0) is 0 Å². The molecule has 1 aromatic carbocycles. The second-order valence-electron chi connectivity index (χ2n) is 2.77. The molecule has 0 aromatic heterocycles. The molecule has 0 heterocycles. The van der Waals surface area contributed by atoms with Gasteiger partial charge in [0.1, 0.15) is 0 Å². The van der Waals surface area contributed by atoms with E-state index in [1.807, 2.05) is 6.07 Å². The van der Waals surface area contributed by atoms with E-state index < -0.39 is 0 Å². The summed E-state index contributed by atoms with van der Waals surface area (Å²) in [5.74, 6) is 0. The Hall–Kier alpha value is -0.500. The zero-order valence-corrected chi connectivity index (χ0v) is 8.92.